The van der Waals surface area contributed by atoms with Crippen LogP contribution >= 0.6 is 0 Å². The minimum absolute atomic E-state index is 0.209. The van der Waals surface area contributed by atoms with Crippen LogP contribution in [0.4, 0.5) is 0 Å². The van der Waals surface area contributed by atoms with Crippen LogP contribution in [0.1, 0.15) is 47.0 Å². The van der Waals surface area contributed by atoms with E-state index < -0.39 is 0 Å². The third-order valence-electron chi connectivity index (χ3n) is 3.51. The van der Waals surface area contributed by atoms with Gasteiger partial charge < -0.3 is 9.90 Å². The van der Waals surface area contributed by atoms with E-state index in [0.717, 1.165) is 38.6 Å². The van der Waals surface area contributed by atoms with Crippen molar-refractivity contribution in [1.82, 2.24) is 4.90 Å². The summed E-state index contributed by atoms with van der Waals surface area (Å²) in [6.07, 6.45) is 3.66. The third kappa shape index (κ3) is 4.62. The van der Waals surface area contributed by atoms with E-state index in [0.29, 0.717) is 6.04 Å². The van der Waals surface area contributed by atoms with Crippen LogP contribution in [-0.4, -0.2) is 42.0 Å². The van der Waals surface area contributed by atoms with E-state index in [1.807, 2.05) is 0 Å². The van der Waals surface area contributed by atoms with Gasteiger partial charge in [-0.15, -0.1) is 0 Å². The minimum Gasteiger partial charge on any atom is -0.396 e. The highest BCUT2D eigenvalue weighted by molar-refractivity contribution is 5.59. The molecule has 0 aromatic carbocycles. The zero-order chi connectivity index (χ0) is 12.6. The maximum absolute atomic E-state index is 11.2. The normalized spacial score (nSPS) is 12.4. The topological polar surface area (TPSA) is 40.5 Å². The lowest BCUT2D eigenvalue weighted by atomic mass is 9.83. The Morgan fingerprint density at radius 1 is 1.31 bits per heavy atom. The average Bonchev–Trinajstić information content (AvgIpc) is 2.30. The molecule has 0 unspecified atom stereocenters. The molecule has 0 aliphatic rings. The van der Waals surface area contributed by atoms with E-state index in [4.69, 9.17) is 5.11 Å². The van der Waals surface area contributed by atoms with Crippen molar-refractivity contribution in [3.8, 4) is 0 Å². The first kappa shape index (κ1) is 15.6. The molecule has 0 atom stereocenters. The predicted octanol–water partition coefficient (Wildman–Crippen LogP) is 2.08. The minimum atomic E-state index is -0.209. The van der Waals surface area contributed by atoms with Crippen LogP contribution in [0.5, 0.6) is 0 Å². The van der Waals surface area contributed by atoms with Crippen LogP contribution in [0.15, 0.2) is 0 Å². The molecule has 96 valence electrons. The number of carbonyl (C=O) groups is 1. The Morgan fingerprint density at radius 2 is 1.88 bits per heavy atom. The van der Waals surface area contributed by atoms with Crippen molar-refractivity contribution in [3.05, 3.63) is 0 Å². The van der Waals surface area contributed by atoms with Crippen molar-refractivity contribution in [1.29, 1.82) is 0 Å². The Hall–Kier alpha value is -0.410. The summed E-state index contributed by atoms with van der Waals surface area (Å²) >= 11 is 0. The fourth-order valence-electron chi connectivity index (χ4n) is 1.88. The monoisotopic (exact) mass is 229 g/mol. The highest BCUT2D eigenvalue weighted by atomic mass is 16.3. The summed E-state index contributed by atoms with van der Waals surface area (Å²) in [6, 6.07) is 0.420. The summed E-state index contributed by atoms with van der Waals surface area (Å²) < 4.78 is 0. The average molecular weight is 229 g/mol. The molecular formula is C13H27NO2. The molecule has 0 rings (SSSR count). The SMILES string of the molecule is CCC(C=O)(CC)CN(CCCO)C(C)C. The van der Waals surface area contributed by atoms with Crippen molar-refractivity contribution >= 4 is 6.29 Å². The van der Waals surface area contributed by atoms with Crippen LogP contribution < -0.4 is 0 Å². The van der Waals surface area contributed by atoms with Gasteiger partial charge in [0.25, 0.3) is 0 Å². The summed E-state index contributed by atoms with van der Waals surface area (Å²) in [5, 5.41) is 8.87. The van der Waals surface area contributed by atoms with Gasteiger partial charge >= 0.3 is 0 Å². The van der Waals surface area contributed by atoms with Gasteiger partial charge in [-0.2, -0.15) is 0 Å². The predicted molar refractivity (Wildman–Crippen MR) is 67.5 cm³/mol. The molecule has 0 spiro atoms. The second-order valence-corrected chi connectivity index (χ2v) is 4.83. The Kier molecular flexibility index (Phi) is 7.60. The van der Waals surface area contributed by atoms with Gasteiger partial charge in [0.2, 0.25) is 0 Å². The van der Waals surface area contributed by atoms with Crippen molar-refractivity contribution in [2.75, 3.05) is 19.7 Å². The van der Waals surface area contributed by atoms with Crippen LogP contribution in [0.2, 0.25) is 0 Å². The smallest absolute Gasteiger partial charge is 0.127 e. The highest BCUT2D eigenvalue weighted by Gasteiger charge is 2.28. The Balaban J connectivity index is 4.50. The number of hydrogen-bond acceptors (Lipinski definition) is 3. The number of aliphatic hydroxyl groups excluding tert-OH is 1. The van der Waals surface area contributed by atoms with E-state index >= 15 is 0 Å². The summed E-state index contributed by atoms with van der Waals surface area (Å²) in [7, 11) is 0. The standard InChI is InChI=1S/C13H27NO2/c1-5-13(6-2,11-16)10-14(12(3)4)8-7-9-15/h11-12,15H,5-10H2,1-4H3. The second kappa shape index (κ2) is 7.80. The number of aldehydes is 1. The van der Waals surface area contributed by atoms with Gasteiger partial charge in [-0.3, -0.25) is 4.90 Å². The Labute approximate surface area is 99.8 Å². The number of nitrogens with zero attached hydrogens (tertiary/aromatic N) is 1. The molecule has 0 aromatic rings. The molecule has 0 aliphatic carbocycles. The molecule has 0 aromatic heterocycles. The largest absolute Gasteiger partial charge is 0.396 e. The van der Waals surface area contributed by atoms with Crippen LogP contribution in [-0.2, 0) is 4.79 Å². The molecule has 0 aliphatic heterocycles. The second-order valence-electron chi connectivity index (χ2n) is 4.83. The number of aliphatic hydroxyl groups is 1. The Morgan fingerprint density at radius 3 is 2.19 bits per heavy atom. The van der Waals surface area contributed by atoms with Crippen molar-refractivity contribution < 1.29 is 9.90 Å². The quantitative estimate of drug-likeness (QED) is 0.615. The van der Waals surface area contributed by atoms with Crippen molar-refractivity contribution in [2.24, 2.45) is 5.41 Å². The molecule has 1 N–H and O–H groups in total. The summed E-state index contributed by atoms with van der Waals surface area (Å²) in [5.41, 5.74) is -0.209. The third-order valence-corrected chi connectivity index (χ3v) is 3.51. The molecule has 3 heteroatoms. The summed E-state index contributed by atoms with van der Waals surface area (Å²) in [5.74, 6) is 0. The van der Waals surface area contributed by atoms with Crippen LogP contribution in [0.25, 0.3) is 0 Å². The van der Waals surface area contributed by atoms with E-state index in [1.165, 1.54) is 0 Å². The molecule has 0 saturated heterocycles. The van der Waals surface area contributed by atoms with Gasteiger partial charge in [0, 0.05) is 31.2 Å². The molecule has 0 fully saturated rings. The zero-order valence-corrected chi connectivity index (χ0v) is 11.2. The fraction of sp³-hybridized carbons (Fsp3) is 0.923. The molecule has 0 heterocycles. The van der Waals surface area contributed by atoms with E-state index in [2.05, 4.69) is 32.6 Å². The maximum Gasteiger partial charge on any atom is 0.127 e. The van der Waals surface area contributed by atoms with Crippen LogP contribution in [0.3, 0.4) is 0 Å². The van der Waals surface area contributed by atoms with E-state index in [1.54, 1.807) is 0 Å². The number of carbonyl (C=O) groups excluding carboxylic acids is 1. The lowest BCUT2D eigenvalue weighted by Crippen LogP contribution is -2.42. The Bertz CT molecular complexity index is 188. The molecular weight excluding hydrogens is 202 g/mol. The first-order chi connectivity index (χ1) is 7.55. The summed E-state index contributed by atoms with van der Waals surface area (Å²) in [6.45, 7) is 10.3. The van der Waals surface area contributed by atoms with Gasteiger partial charge in [-0.25, -0.2) is 0 Å². The molecule has 16 heavy (non-hydrogen) atoms. The molecule has 0 bridgehead atoms. The van der Waals surface area contributed by atoms with Gasteiger partial charge in [0.1, 0.15) is 6.29 Å². The van der Waals surface area contributed by atoms with E-state index in [-0.39, 0.29) is 12.0 Å². The number of hydrogen-bond donors (Lipinski definition) is 1. The van der Waals surface area contributed by atoms with Gasteiger partial charge in [0.15, 0.2) is 0 Å². The molecule has 0 amide bonds. The van der Waals surface area contributed by atoms with E-state index in [9.17, 15) is 4.79 Å². The maximum atomic E-state index is 11.2. The first-order valence-corrected chi connectivity index (χ1v) is 6.36. The lowest BCUT2D eigenvalue weighted by molar-refractivity contribution is -0.118. The molecule has 0 radical (unpaired) electrons. The first-order valence-electron chi connectivity index (χ1n) is 6.36. The van der Waals surface area contributed by atoms with Crippen molar-refractivity contribution in [2.45, 2.75) is 53.0 Å². The molecule has 3 nitrogen and oxygen atoms in total. The zero-order valence-electron chi connectivity index (χ0n) is 11.2. The van der Waals surface area contributed by atoms with Gasteiger partial charge in [-0.1, -0.05) is 13.8 Å². The number of rotatable bonds is 9. The summed E-state index contributed by atoms with van der Waals surface area (Å²) in [4.78, 5) is 13.5. The van der Waals surface area contributed by atoms with Crippen LogP contribution in [0, 0.1) is 5.41 Å². The fourth-order valence-corrected chi connectivity index (χ4v) is 1.88. The molecule has 0 saturated carbocycles. The van der Waals surface area contributed by atoms with Gasteiger partial charge in [0.05, 0.1) is 0 Å². The van der Waals surface area contributed by atoms with Crippen molar-refractivity contribution in [3.63, 3.8) is 0 Å². The van der Waals surface area contributed by atoms with Gasteiger partial charge in [-0.05, 0) is 33.1 Å². The highest BCUT2D eigenvalue weighted by Crippen LogP contribution is 2.25. The lowest BCUT2D eigenvalue weighted by Gasteiger charge is -2.35.